The molecule has 5 nitrogen and oxygen atoms in total. The fraction of sp³-hybridized carbons (Fsp3) is 0.125. The molecule has 0 saturated heterocycles. The van der Waals surface area contributed by atoms with Gasteiger partial charge in [-0.1, -0.05) is 23.7 Å². The maximum absolute atomic E-state index is 9.63. The molecule has 2 aromatic carbocycles. The first-order valence-corrected chi connectivity index (χ1v) is 6.90. The first-order chi connectivity index (χ1) is 10.6. The van der Waals surface area contributed by atoms with Crippen molar-refractivity contribution in [3.63, 3.8) is 0 Å². The summed E-state index contributed by atoms with van der Waals surface area (Å²) in [4.78, 5) is 0. The van der Waals surface area contributed by atoms with Gasteiger partial charge in [-0.05, 0) is 42.8 Å². The zero-order chi connectivity index (χ0) is 15.9. The van der Waals surface area contributed by atoms with Crippen LogP contribution >= 0.6 is 11.6 Å². The minimum Gasteiger partial charge on any atom is -0.507 e. The second-order valence-corrected chi connectivity index (χ2v) is 4.95. The predicted molar refractivity (Wildman–Crippen MR) is 87.4 cm³/mol. The smallest absolute Gasteiger partial charge is 0.244 e. The Morgan fingerprint density at radius 1 is 1.26 bits per heavy atom. The van der Waals surface area contributed by atoms with Gasteiger partial charge in [-0.2, -0.15) is 5.10 Å². The van der Waals surface area contributed by atoms with Crippen molar-refractivity contribution >= 4 is 23.7 Å². The van der Waals surface area contributed by atoms with E-state index in [0.717, 1.165) is 5.56 Å². The molecule has 0 heterocycles. The van der Waals surface area contributed by atoms with Crippen molar-refractivity contribution in [2.75, 3.05) is 6.61 Å². The number of benzene rings is 2. The molecule has 7 heteroatoms. The number of aliphatic hydroxyl groups is 1. The molecule has 2 rings (SSSR count). The SMILES string of the molecule is Cc1cc(Cl)ccc1OC/C(O)=N/N=C\c1ccccc1O.[Cu]. The summed E-state index contributed by atoms with van der Waals surface area (Å²) < 4.78 is 5.42. The van der Waals surface area contributed by atoms with Gasteiger partial charge in [-0.15, -0.1) is 5.10 Å². The number of phenolic OH excluding ortho intramolecular Hbond substituents is 1. The fourth-order valence-electron chi connectivity index (χ4n) is 1.70. The van der Waals surface area contributed by atoms with Crippen LogP contribution in [-0.4, -0.2) is 28.9 Å². The van der Waals surface area contributed by atoms with Crippen LogP contribution in [0.5, 0.6) is 11.5 Å². The molecule has 0 aromatic heterocycles. The van der Waals surface area contributed by atoms with Crippen LogP contribution < -0.4 is 4.74 Å². The molecule has 0 fully saturated rings. The van der Waals surface area contributed by atoms with Gasteiger partial charge >= 0.3 is 0 Å². The molecular weight excluding hydrogens is 367 g/mol. The molecule has 0 amide bonds. The molecule has 1 radical (unpaired) electrons. The Morgan fingerprint density at radius 3 is 2.70 bits per heavy atom. The first kappa shape index (κ1) is 19.0. The Kier molecular flexibility index (Phi) is 7.62. The number of aromatic hydroxyl groups is 1. The summed E-state index contributed by atoms with van der Waals surface area (Å²) in [5.74, 6) is 0.422. The average molecular weight is 382 g/mol. The van der Waals surface area contributed by atoms with E-state index in [0.29, 0.717) is 16.3 Å². The van der Waals surface area contributed by atoms with Gasteiger partial charge in [-0.25, -0.2) is 0 Å². The maximum Gasteiger partial charge on any atom is 0.244 e. The van der Waals surface area contributed by atoms with E-state index in [4.69, 9.17) is 16.3 Å². The van der Waals surface area contributed by atoms with Crippen molar-refractivity contribution in [1.82, 2.24) is 0 Å². The summed E-state index contributed by atoms with van der Waals surface area (Å²) in [5.41, 5.74) is 1.37. The zero-order valence-electron chi connectivity index (χ0n) is 12.2. The minimum absolute atomic E-state index is 0. The van der Waals surface area contributed by atoms with Gasteiger partial charge in [0.2, 0.25) is 5.90 Å². The van der Waals surface area contributed by atoms with Crippen LogP contribution in [0, 0.1) is 6.92 Å². The standard InChI is InChI=1S/C16H15ClN2O3.Cu/c1-11-8-13(17)6-7-15(11)22-10-16(21)19-18-9-12-4-2-3-5-14(12)20;/h2-9,20H,10H2,1H3,(H,19,21);/b18-9-;. The Morgan fingerprint density at radius 2 is 2.00 bits per heavy atom. The molecule has 0 saturated carbocycles. The van der Waals surface area contributed by atoms with Crippen LogP contribution in [0.3, 0.4) is 0 Å². The predicted octanol–water partition coefficient (Wildman–Crippen LogP) is 3.72. The number of ether oxygens (including phenoxy) is 1. The van der Waals surface area contributed by atoms with Gasteiger partial charge in [0.15, 0.2) is 6.61 Å². The topological polar surface area (TPSA) is 74.4 Å². The molecule has 2 N–H and O–H groups in total. The number of hydrogen-bond acceptors (Lipinski definition) is 4. The van der Waals surface area contributed by atoms with E-state index in [1.165, 1.54) is 12.3 Å². The summed E-state index contributed by atoms with van der Waals surface area (Å²) in [6, 6.07) is 11.9. The van der Waals surface area contributed by atoms with Gasteiger partial charge in [0.05, 0.1) is 6.21 Å². The number of hydrogen-bond donors (Lipinski definition) is 2. The van der Waals surface area contributed by atoms with Gasteiger partial charge in [0, 0.05) is 27.7 Å². The molecule has 0 bridgehead atoms. The molecule has 125 valence electrons. The van der Waals surface area contributed by atoms with E-state index in [-0.39, 0.29) is 35.3 Å². The molecule has 0 aliphatic heterocycles. The molecule has 0 unspecified atom stereocenters. The van der Waals surface area contributed by atoms with Gasteiger partial charge in [0.1, 0.15) is 11.5 Å². The Hall–Kier alpha value is -2.01. The van der Waals surface area contributed by atoms with Crippen molar-refractivity contribution in [3.05, 3.63) is 58.6 Å². The maximum atomic E-state index is 9.63. The summed E-state index contributed by atoms with van der Waals surface area (Å²) >= 11 is 5.85. The largest absolute Gasteiger partial charge is 0.507 e. The van der Waals surface area contributed by atoms with Gasteiger partial charge in [0.25, 0.3) is 0 Å². The molecule has 0 atom stereocenters. The zero-order valence-corrected chi connectivity index (χ0v) is 13.9. The number of phenols is 1. The van der Waals surface area contributed by atoms with E-state index in [2.05, 4.69) is 10.2 Å². The van der Waals surface area contributed by atoms with Crippen molar-refractivity contribution in [3.8, 4) is 11.5 Å². The van der Waals surface area contributed by atoms with Crippen LogP contribution in [0.4, 0.5) is 0 Å². The first-order valence-electron chi connectivity index (χ1n) is 6.52. The third-order valence-electron chi connectivity index (χ3n) is 2.80. The number of aryl methyl sites for hydroxylation is 1. The minimum atomic E-state index is -0.277. The fourth-order valence-corrected chi connectivity index (χ4v) is 1.93. The van der Waals surface area contributed by atoms with E-state index in [1.54, 1.807) is 36.4 Å². The van der Waals surface area contributed by atoms with Gasteiger partial charge < -0.3 is 14.9 Å². The normalized spacial score (nSPS) is 11.3. The molecule has 0 aliphatic rings. The van der Waals surface area contributed by atoms with Crippen LogP contribution in [0.1, 0.15) is 11.1 Å². The second-order valence-electron chi connectivity index (χ2n) is 4.52. The quantitative estimate of drug-likeness (QED) is 0.358. The van der Waals surface area contributed by atoms with E-state index in [1.807, 2.05) is 6.92 Å². The van der Waals surface area contributed by atoms with E-state index < -0.39 is 0 Å². The van der Waals surface area contributed by atoms with Gasteiger partial charge in [-0.3, -0.25) is 0 Å². The van der Waals surface area contributed by atoms with Crippen molar-refractivity contribution in [2.24, 2.45) is 10.2 Å². The average Bonchev–Trinajstić information content (AvgIpc) is 2.48. The van der Waals surface area contributed by atoms with Crippen molar-refractivity contribution in [2.45, 2.75) is 6.92 Å². The number of rotatable bonds is 5. The monoisotopic (exact) mass is 381 g/mol. The Bertz CT molecular complexity index is 720. The van der Waals surface area contributed by atoms with Crippen LogP contribution in [0.25, 0.3) is 0 Å². The second kappa shape index (κ2) is 9.20. The molecular formula is C16H15ClCuN2O3. The summed E-state index contributed by atoms with van der Waals surface area (Å²) in [7, 11) is 0. The number of para-hydroxylation sites is 1. The Balaban J connectivity index is 0.00000264. The molecule has 0 aliphatic carbocycles. The van der Waals surface area contributed by atoms with Crippen molar-refractivity contribution < 1.29 is 32.0 Å². The van der Waals surface area contributed by atoms with Crippen LogP contribution in [-0.2, 0) is 17.1 Å². The van der Waals surface area contributed by atoms with E-state index >= 15 is 0 Å². The summed E-state index contributed by atoms with van der Waals surface area (Å²) in [6.45, 7) is 1.74. The summed E-state index contributed by atoms with van der Waals surface area (Å²) in [6.07, 6.45) is 1.35. The van der Waals surface area contributed by atoms with Crippen molar-refractivity contribution in [1.29, 1.82) is 0 Å². The number of halogens is 1. The van der Waals surface area contributed by atoms with Crippen LogP contribution in [0.2, 0.25) is 5.02 Å². The van der Waals surface area contributed by atoms with Crippen LogP contribution in [0.15, 0.2) is 52.7 Å². The summed E-state index contributed by atoms with van der Waals surface area (Å²) in [5, 5.41) is 27.1. The molecule has 0 spiro atoms. The van der Waals surface area contributed by atoms with E-state index in [9.17, 15) is 10.2 Å². The number of nitrogens with zero attached hydrogens (tertiary/aromatic N) is 2. The molecule has 2 aromatic rings. The third-order valence-corrected chi connectivity index (χ3v) is 3.04. The Labute approximate surface area is 149 Å². The third kappa shape index (κ3) is 5.94. The molecule has 23 heavy (non-hydrogen) atoms. The number of aliphatic hydroxyl groups excluding tert-OH is 1.